The summed E-state index contributed by atoms with van der Waals surface area (Å²) in [6.45, 7) is 1.91. The fourth-order valence-electron chi connectivity index (χ4n) is 2.28. The molecule has 7 nitrogen and oxygen atoms in total. The molecule has 2 aromatic heterocycles. The van der Waals surface area contributed by atoms with Crippen LogP contribution in [0.4, 0.5) is 18.9 Å². The minimum atomic E-state index is -4.57. The minimum Gasteiger partial charge on any atom is -0.352 e. The fourth-order valence-corrected chi connectivity index (χ4v) is 2.52. The van der Waals surface area contributed by atoms with Crippen LogP contribution in [0.5, 0.6) is 0 Å². The molecule has 2 heterocycles. The summed E-state index contributed by atoms with van der Waals surface area (Å²) < 4.78 is 37.5. The predicted molar refractivity (Wildman–Crippen MR) is 97.2 cm³/mol. The number of rotatable bonds is 7. The van der Waals surface area contributed by atoms with Gasteiger partial charge in [0.05, 0.1) is 18.1 Å². The zero-order chi connectivity index (χ0) is 20.7. The number of carbonyl (C=O) groups is 2. The maximum atomic E-state index is 12.4. The third-order valence-corrected chi connectivity index (χ3v) is 3.80. The molecule has 0 aliphatic carbocycles. The van der Waals surface area contributed by atoms with Crippen LogP contribution in [0.15, 0.2) is 42.9 Å². The number of aromatic nitrogens is 3. The number of anilines is 1. The summed E-state index contributed by atoms with van der Waals surface area (Å²) in [7, 11) is 0. The van der Waals surface area contributed by atoms with Gasteiger partial charge in [-0.25, -0.2) is 4.68 Å². The van der Waals surface area contributed by atoms with Crippen molar-refractivity contribution in [3.8, 4) is 5.69 Å². The fraction of sp³-hybridized carbons (Fsp3) is 0.294. The normalized spacial score (nSPS) is 11.6. The highest BCUT2D eigenvalue weighted by Gasteiger charge is 2.23. The van der Waals surface area contributed by atoms with E-state index in [4.69, 9.17) is 11.6 Å². The van der Waals surface area contributed by atoms with Crippen molar-refractivity contribution in [1.29, 1.82) is 0 Å². The third-order valence-electron chi connectivity index (χ3n) is 3.53. The Morgan fingerprint density at radius 3 is 2.75 bits per heavy atom. The lowest BCUT2D eigenvalue weighted by Gasteiger charge is -2.19. The number of hydrogen-bond acceptors (Lipinski definition) is 4. The van der Waals surface area contributed by atoms with Gasteiger partial charge in [0, 0.05) is 37.9 Å². The highest BCUT2D eigenvalue weighted by Crippen LogP contribution is 2.26. The molecular weight excluding hydrogens is 399 g/mol. The Balaban J connectivity index is 1.99. The second kappa shape index (κ2) is 9.36. The molecule has 2 aromatic rings. The molecule has 0 fully saturated rings. The smallest absolute Gasteiger partial charge is 0.352 e. The number of alkyl halides is 3. The second-order valence-corrected chi connectivity index (χ2v) is 5.87. The predicted octanol–water partition coefficient (Wildman–Crippen LogP) is 2.90. The number of allylic oxidation sites excluding steroid dienone is 1. The van der Waals surface area contributed by atoms with E-state index in [2.05, 4.69) is 15.4 Å². The van der Waals surface area contributed by atoms with Gasteiger partial charge in [0.15, 0.2) is 5.15 Å². The van der Waals surface area contributed by atoms with Gasteiger partial charge in [0.1, 0.15) is 5.69 Å². The van der Waals surface area contributed by atoms with Crippen molar-refractivity contribution >= 4 is 29.1 Å². The first-order valence-electron chi connectivity index (χ1n) is 8.21. The van der Waals surface area contributed by atoms with Crippen molar-refractivity contribution in [3.05, 3.63) is 48.0 Å². The van der Waals surface area contributed by atoms with E-state index in [0.29, 0.717) is 24.0 Å². The van der Waals surface area contributed by atoms with Crippen LogP contribution in [0.2, 0.25) is 5.15 Å². The average molecular weight is 416 g/mol. The first-order chi connectivity index (χ1) is 13.2. The van der Waals surface area contributed by atoms with Gasteiger partial charge in [0.25, 0.3) is 0 Å². The van der Waals surface area contributed by atoms with Crippen molar-refractivity contribution in [1.82, 2.24) is 20.1 Å². The topological polar surface area (TPSA) is 80.1 Å². The van der Waals surface area contributed by atoms with Gasteiger partial charge in [-0.05, 0) is 19.1 Å². The summed E-state index contributed by atoms with van der Waals surface area (Å²) >= 11 is 6.15. The molecule has 2 rings (SSSR count). The summed E-state index contributed by atoms with van der Waals surface area (Å²) in [6.07, 6.45) is 0.271. The molecule has 0 radical (unpaired) electrons. The molecule has 0 bridgehead atoms. The van der Waals surface area contributed by atoms with Gasteiger partial charge in [-0.2, -0.15) is 18.3 Å². The van der Waals surface area contributed by atoms with Crippen LogP contribution >= 0.6 is 11.6 Å². The lowest BCUT2D eigenvalue weighted by Crippen LogP contribution is -2.34. The van der Waals surface area contributed by atoms with Gasteiger partial charge < -0.3 is 10.2 Å². The largest absolute Gasteiger partial charge is 0.409 e. The van der Waals surface area contributed by atoms with Crippen LogP contribution in [0.25, 0.3) is 5.69 Å². The highest BCUT2D eigenvalue weighted by atomic mass is 35.5. The lowest BCUT2D eigenvalue weighted by molar-refractivity contribution is -0.119. The summed E-state index contributed by atoms with van der Waals surface area (Å²) in [4.78, 5) is 29.1. The number of halogens is 4. The minimum absolute atomic E-state index is 0.108. The van der Waals surface area contributed by atoms with Crippen LogP contribution in [-0.2, 0) is 9.59 Å². The Morgan fingerprint density at radius 1 is 1.39 bits per heavy atom. The Hall–Kier alpha value is -2.88. The Bertz CT molecular complexity index is 852. The number of amides is 2. The van der Waals surface area contributed by atoms with Crippen molar-refractivity contribution in [2.45, 2.75) is 19.5 Å². The number of nitrogens with one attached hydrogen (secondary N) is 1. The van der Waals surface area contributed by atoms with E-state index in [1.165, 1.54) is 9.58 Å². The molecule has 11 heteroatoms. The first-order valence-corrected chi connectivity index (χ1v) is 8.58. The van der Waals surface area contributed by atoms with Gasteiger partial charge in [-0.15, -0.1) is 0 Å². The highest BCUT2D eigenvalue weighted by molar-refractivity contribution is 6.32. The molecule has 0 saturated carbocycles. The molecule has 0 spiro atoms. The zero-order valence-electron chi connectivity index (χ0n) is 14.8. The standard InChI is InChI=1S/C17H17ClF3N5O2/c1-2-25(15(28)6-9-23-14(27)5-7-17(19,20)21)13-11-26(24-16(13)18)12-4-3-8-22-10-12/h3-5,7-8,10-11H,2,6,9H2,1H3,(H,23,27). The number of carbonyl (C=O) groups excluding carboxylic acids is 2. The van der Waals surface area contributed by atoms with E-state index < -0.39 is 12.1 Å². The van der Waals surface area contributed by atoms with Crippen LogP contribution in [0.1, 0.15) is 13.3 Å². The molecule has 0 unspecified atom stereocenters. The molecule has 1 N–H and O–H groups in total. The van der Waals surface area contributed by atoms with Gasteiger partial charge in [-0.1, -0.05) is 11.6 Å². The van der Waals surface area contributed by atoms with Gasteiger partial charge in [0.2, 0.25) is 11.8 Å². The zero-order valence-corrected chi connectivity index (χ0v) is 15.5. The lowest BCUT2D eigenvalue weighted by atomic mass is 10.3. The Labute approximate surface area is 163 Å². The molecular formula is C17H17ClF3N5O2. The molecule has 2 amide bonds. The van der Waals surface area contributed by atoms with Crippen molar-refractivity contribution in [2.24, 2.45) is 0 Å². The van der Waals surface area contributed by atoms with Gasteiger partial charge in [-0.3, -0.25) is 14.6 Å². The van der Waals surface area contributed by atoms with E-state index in [0.717, 1.165) is 0 Å². The van der Waals surface area contributed by atoms with Crippen LogP contribution < -0.4 is 10.2 Å². The van der Waals surface area contributed by atoms with Crippen molar-refractivity contribution in [2.75, 3.05) is 18.0 Å². The molecule has 0 aliphatic rings. The maximum absolute atomic E-state index is 12.4. The molecule has 150 valence electrons. The summed E-state index contributed by atoms with van der Waals surface area (Å²) in [5.74, 6) is -1.30. The average Bonchev–Trinajstić information content (AvgIpc) is 3.02. The Kier molecular flexibility index (Phi) is 7.16. The van der Waals surface area contributed by atoms with E-state index in [-0.39, 0.29) is 30.1 Å². The summed E-state index contributed by atoms with van der Waals surface area (Å²) in [5, 5.41) is 6.49. The monoisotopic (exact) mass is 415 g/mol. The summed E-state index contributed by atoms with van der Waals surface area (Å²) in [6, 6.07) is 3.49. The maximum Gasteiger partial charge on any atom is 0.409 e. The van der Waals surface area contributed by atoms with E-state index in [1.807, 2.05) is 0 Å². The SMILES string of the molecule is CCN(C(=O)CCNC(=O)C=CC(F)(F)F)c1cn(-c2cccnc2)nc1Cl. The number of pyridine rings is 1. The third kappa shape index (κ3) is 6.08. The van der Waals surface area contributed by atoms with E-state index in [9.17, 15) is 22.8 Å². The summed E-state index contributed by atoms with van der Waals surface area (Å²) in [5.41, 5.74) is 1.03. The number of nitrogens with zero attached hydrogens (tertiary/aromatic N) is 4. The van der Waals surface area contributed by atoms with Crippen LogP contribution in [0.3, 0.4) is 0 Å². The molecule has 0 aliphatic heterocycles. The quantitative estimate of drug-likeness (QED) is 0.705. The molecule has 0 saturated heterocycles. The van der Waals surface area contributed by atoms with Crippen molar-refractivity contribution < 1.29 is 22.8 Å². The molecule has 0 aromatic carbocycles. The van der Waals surface area contributed by atoms with Gasteiger partial charge >= 0.3 is 6.18 Å². The number of hydrogen-bond donors (Lipinski definition) is 1. The molecule has 28 heavy (non-hydrogen) atoms. The van der Waals surface area contributed by atoms with Crippen LogP contribution in [0, 0.1) is 0 Å². The van der Waals surface area contributed by atoms with Crippen LogP contribution in [-0.4, -0.2) is 45.8 Å². The van der Waals surface area contributed by atoms with E-state index in [1.54, 1.807) is 37.6 Å². The first kappa shape index (κ1) is 21.4. The Morgan fingerprint density at radius 2 is 2.14 bits per heavy atom. The second-order valence-electron chi connectivity index (χ2n) is 5.51. The molecule has 0 atom stereocenters. The van der Waals surface area contributed by atoms with E-state index >= 15 is 0 Å². The van der Waals surface area contributed by atoms with Crippen molar-refractivity contribution in [3.63, 3.8) is 0 Å².